The van der Waals surface area contributed by atoms with E-state index in [9.17, 15) is 0 Å². The first-order valence-corrected chi connectivity index (χ1v) is 8.33. The van der Waals surface area contributed by atoms with Crippen LogP contribution >= 0.6 is 23.4 Å². The predicted octanol–water partition coefficient (Wildman–Crippen LogP) is 5.23. The molecule has 104 valence electrons. The van der Waals surface area contributed by atoms with Gasteiger partial charge in [-0.1, -0.05) is 41.9 Å². The molecule has 2 aromatic carbocycles. The van der Waals surface area contributed by atoms with E-state index >= 15 is 0 Å². The van der Waals surface area contributed by atoms with Crippen molar-refractivity contribution in [3.05, 3.63) is 64.7 Å². The van der Waals surface area contributed by atoms with Crippen molar-refractivity contribution >= 4 is 23.4 Å². The summed E-state index contributed by atoms with van der Waals surface area (Å²) in [5, 5.41) is 4.55. The van der Waals surface area contributed by atoms with Crippen LogP contribution in [0.15, 0.2) is 53.4 Å². The van der Waals surface area contributed by atoms with Crippen molar-refractivity contribution in [3.63, 3.8) is 0 Å². The van der Waals surface area contributed by atoms with Crippen LogP contribution in [0, 0.1) is 0 Å². The molecule has 1 heterocycles. The summed E-state index contributed by atoms with van der Waals surface area (Å²) in [7, 11) is 0. The van der Waals surface area contributed by atoms with Gasteiger partial charge in [0.1, 0.15) is 0 Å². The molecule has 1 nitrogen and oxygen atoms in total. The molecule has 0 aliphatic carbocycles. The molecule has 3 heteroatoms. The van der Waals surface area contributed by atoms with Crippen molar-refractivity contribution in [2.24, 2.45) is 0 Å². The van der Waals surface area contributed by atoms with Gasteiger partial charge >= 0.3 is 0 Å². The van der Waals surface area contributed by atoms with Crippen molar-refractivity contribution in [1.29, 1.82) is 0 Å². The van der Waals surface area contributed by atoms with Gasteiger partial charge in [0.25, 0.3) is 0 Å². The summed E-state index contributed by atoms with van der Waals surface area (Å²) in [6.07, 6.45) is 1.18. The van der Waals surface area contributed by atoms with Gasteiger partial charge in [0.05, 0.1) is 0 Å². The Morgan fingerprint density at radius 1 is 1.15 bits per heavy atom. The lowest BCUT2D eigenvalue weighted by atomic mass is 10.0. The molecule has 0 saturated carbocycles. The Kier molecular flexibility index (Phi) is 4.35. The maximum absolute atomic E-state index is 5.95. The van der Waals surface area contributed by atoms with Gasteiger partial charge in [-0.15, -0.1) is 11.8 Å². The zero-order valence-electron chi connectivity index (χ0n) is 11.5. The normalized spacial score (nSPS) is 19.4. The van der Waals surface area contributed by atoms with Gasteiger partial charge < -0.3 is 5.32 Å². The van der Waals surface area contributed by atoms with Crippen molar-refractivity contribution in [1.82, 2.24) is 5.32 Å². The monoisotopic (exact) mass is 303 g/mol. The van der Waals surface area contributed by atoms with Crippen LogP contribution in [0.3, 0.4) is 0 Å². The number of rotatable bonds is 3. The van der Waals surface area contributed by atoms with E-state index in [2.05, 4.69) is 48.6 Å². The molecule has 0 saturated heterocycles. The van der Waals surface area contributed by atoms with E-state index < -0.39 is 0 Å². The molecule has 20 heavy (non-hydrogen) atoms. The van der Waals surface area contributed by atoms with Crippen LogP contribution in [0.2, 0.25) is 5.02 Å². The van der Waals surface area contributed by atoms with Crippen LogP contribution in [0.25, 0.3) is 0 Å². The number of thioether (sulfide) groups is 1. The number of hydrogen-bond donors (Lipinski definition) is 1. The van der Waals surface area contributed by atoms with Gasteiger partial charge in [-0.3, -0.25) is 0 Å². The van der Waals surface area contributed by atoms with Crippen molar-refractivity contribution in [2.45, 2.75) is 30.3 Å². The number of benzene rings is 2. The van der Waals surface area contributed by atoms with E-state index in [0.717, 1.165) is 5.02 Å². The van der Waals surface area contributed by atoms with Gasteiger partial charge in [0.15, 0.2) is 0 Å². The van der Waals surface area contributed by atoms with Crippen molar-refractivity contribution in [2.75, 3.05) is 5.75 Å². The first-order valence-electron chi connectivity index (χ1n) is 6.97. The zero-order valence-corrected chi connectivity index (χ0v) is 13.0. The maximum atomic E-state index is 5.95. The van der Waals surface area contributed by atoms with Crippen molar-refractivity contribution < 1.29 is 0 Å². The second kappa shape index (κ2) is 6.21. The van der Waals surface area contributed by atoms with Crippen LogP contribution in [-0.2, 0) is 0 Å². The van der Waals surface area contributed by atoms with Crippen LogP contribution < -0.4 is 5.32 Å². The highest BCUT2D eigenvalue weighted by Crippen LogP contribution is 2.37. The molecule has 1 unspecified atom stereocenters. The third-order valence-corrected chi connectivity index (χ3v) is 5.15. The second-order valence-corrected chi connectivity index (χ2v) is 6.74. The SMILES string of the molecule is C[C@H](NC1CCSc2ccccc21)c1ccc(Cl)cc1. The number of hydrogen-bond acceptors (Lipinski definition) is 2. The molecule has 0 radical (unpaired) electrons. The highest BCUT2D eigenvalue weighted by atomic mass is 35.5. The quantitative estimate of drug-likeness (QED) is 0.833. The highest BCUT2D eigenvalue weighted by Gasteiger charge is 2.21. The summed E-state index contributed by atoms with van der Waals surface area (Å²) >= 11 is 7.91. The fraction of sp³-hybridized carbons (Fsp3) is 0.294. The molecular formula is C17H18ClNS. The Bertz CT molecular complexity index is 582. The van der Waals surface area contributed by atoms with Gasteiger partial charge in [0, 0.05) is 22.0 Å². The summed E-state index contributed by atoms with van der Waals surface area (Å²) in [4.78, 5) is 1.42. The summed E-state index contributed by atoms with van der Waals surface area (Å²) in [5.41, 5.74) is 2.72. The first-order chi connectivity index (χ1) is 9.74. The van der Waals surface area contributed by atoms with E-state index in [1.54, 1.807) is 0 Å². The minimum absolute atomic E-state index is 0.327. The Labute approximate surface area is 129 Å². The lowest BCUT2D eigenvalue weighted by Gasteiger charge is -2.29. The Morgan fingerprint density at radius 2 is 1.90 bits per heavy atom. The maximum Gasteiger partial charge on any atom is 0.0406 e. The summed E-state index contributed by atoms with van der Waals surface area (Å²) in [5.74, 6) is 1.18. The average molecular weight is 304 g/mol. The fourth-order valence-electron chi connectivity index (χ4n) is 2.66. The van der Waals surface area contributed by atoms with Gasteiger partial charge in [-0.05, 0) is 48.4 Å². The van der Waals surface area contributed by atoms with Crippen LogP contribution in [0.4, 0.5) is 0 Å². The van der Waals surface area contributed by atoms with Gasteiger partial charge in [-0.25, -0.2) is 0 Å². The molecule has 0 bridgehead atoms. The van der Waals surface area contributed by atoms with Crippen molar-refractivity contribution in [3.8, 4) is 0 Å². The molecule has 2 aromatic rings. The molecule has 1 aliphatic rings. The topological polar surface area (TPSA) is 12.0 Å². The molecule has 3 rings (SSSR count). The van der Waals surface area contributed by atoms with Gasteiger partial charge in [-0.2, -0.15) is 0 Å². The second-order valence-electron chi connectivity index (χ2n) is 5.17. The van der Waals surface area contributed by atoms with E-state index in [1.807, 2.05) is 23.9 Å². The molecule has 0 aromatic heterocycles. The lowest BCUT2D eigenvalue weighted by molar-refractivity contribution is 0.450. The van der Waals surface area contributed by atoms with Crippen LogP contribution in [0.5, 0.6) is 0 Å². The Balaban J connectivity index is 1.77. The van der Waals surface area contributed by atoms with E-state index in [-0.39, 0.29) is 0 Å². The third-order valence-electron chi connectivity index (χ3n) is 3.78. The summed E-state index contributed by atoms with van der Waals surface area (Å²) in [6.45, 7) is 2.22. The summed E-state index contributed by atoms with van der Waals surface area (Å²) < 4.78 is 0. The molecule has 0 fully saturated rings. The summed E-state index contributed by atoms with van der Waals surface area (Å²) in [6, 6.07) is 17.6. The van der Waals surface area contributed by atoms with Gasteiger partial charge in [0.2, 0.25) is 0 Å². The molecule has 0 spiro atoms. The van der Waals surface area contributed by atoms with E-state index in [4.69, 9.17) is 11.6 Å². The zero-order chi connectivity index (χ0) is 13.9. The molecule has 0 amide bonds. The minimum Gasteiger partial charge on any atom is -0.303 e. The lowest BCUT2D eigenvalue weighted by Crippen LogP contribution is -2.27. The predicted molar refractivity (Wildman–Crippen MR) is 87.5 cm³/mol. The standard InChI is InChI=1S/C17H18ClNS/c1-12(13-6-8-14(18)9-7-13)19-16-10-11-20-17-5-3-2-4-15(16)17/h2-9,12,16,19H,10-11H2,1H3/t12-,16?/m0/s1. The number of halogens is 1. The first kappa shape index (κ1) is 14.0. The minimum atomic E-state index is 0.327. The molecule has 2 atom stereocenters. The highest BCUT2D eigenvalue weighted by molar-refractivity contribution is 7.99. The number of nitrogens with one attached hydrogen (secondary N) is 1. The Morgan fingerprint density at radius 3 is 2.70 bits per heavy atom. The smallest absolute Gasteiger partial charge is 0.0406 e. The van der Waals surface area contributed by atoms with E-state index in [1.165, 1.54) is 28.2 Å². The average Bonchev–Trinajstić information content (AvgIpc) is 2.48. The largest absolute Gasteiger partial charge is 0.303 e. The van der Waals surface area contributed by atoms with Crippen LogP contribution in [0.1, 0.15) is 36.6 Å². The molecule has 1 aliphatic heterocycles. The molecule has 1 N–H and O–H groups in total. The fourth-order valence-corrected chi connectivity index (χ4v) is 3.92. The van der Waals surface area contributed by atoms with E-state index in [0.29, 0.717) is 12.1 Å². The Hall–Kier alpha value is -0.960. The molecular weight excluding hydrogens is 286 g/mol. The number of fused-ring (bicyclic) bond motifs is 1. The third kappa shape index (κ3) is 3.03. The van der Waals surface area contributed by atoms with Crippen LogP contribution in [-0.4, -0.2) is 5.75 Å².